The Morgan fingerprint density at radius 1 is 1.32 bits per heavy atom. The van der Waals surface area contributed by atoms with Crippen LogP contribution in [0.3, 0.4) is 0 Å². The Morgan fingerprint density at radius 3 is 2.74 bits per heavy atom. The van der Waals surface area contributed by atoms with Gasteiger partial charge in [0.25, 0.3) is 5.91 Å². The van der Waals surface area contributed by atoms with Gasteiger partial charge >= 0.3 is 0 Å². The molecule has 1 fully saturated rings. The molecule has 1 aromatic rings. The maximum absolute atomic E-state index is 12.2. The van der Waals surface area contributed by atoms with Crippen LogP contribution in [0.2, 0.25) is 0 Å². The molecule has 1 aromatic carbocycles. The normalized spacial score (nSPS) is 29.9. The number of sulfone groups is 1. The van der Waals surface area contributed by atoms with Gasteiger partial charge in [0, 0.05) is 12.6 Å². The largest absolute Gasteiger partial charge is 0.338 e. The molecule has 0 bridgehead atoms. The fraction of sp³-hybridized carbons (Fsp3) is 0.333. The van der Waals surface area contributed by atoms with Gasteiger partial charge in [0.2, 0.25) is 0 Å². The number of aliphatic imine (C=N–C) groups is 1. The molecule has 2 aliphatic heterocycles. The summed E-state index contributed by atoms with van der Waals surface area (Å²) in [6, 6.07) is 6.62. The lowest BCUT2D eigenvalue weighted by molar-refractivity contribution is -0.124. The zero-order valence-corrected chi connectivity index (χ0v) is 11.1. The van der Waals surface area contributed by atoms with Crippen molar-refractivity contribution in [2.24, 2.45) is 4.99 Å². The Balaban J connectivity index is 2.24. The van der Waals surface area contributed by atoms with Crippen molar-refractivity contribution < 1.29 is 13.2 Å². The van der Waals surface area contributed by atoms with Crippen LogP contribution in [0.4, 0.5) is 0 Å². The number of guanidine groups is 1. The molecule has 1 atom stereocenters. The quantitative estimate of drug-likeness (QED) is 0.686. The standard InChI is InChI=1S/C12H13N3O3S/c1-13-11-14-10(16)12(15-11)6-7-19(17,18)9-5-3-2-4-8(9)12/h2-5H,6-7H2,1H3,(H2,13,14,15,16). The first kappa shape index (κ1) is 12.2. The maximum Gasteiger partial charge on any atom is 0.257 e. The third-order valence-corrected chi connectivity index (χ3v) is 5.37. The van der Waals surface area contributed by atoms with Crippen LogP contribution in [0.5, 0.6) is 0 Å². The minimum absolute atomic E-state index is 0.0541. The molecule has 0 aromatic heterocycles. The molecule has 7 heteroatoms. The Bertz CT molecular complexity index is 696. The number of carbonyl (C=O) groups excluding carboxylic acids is 1. The molecule has 2 N–H and O–H groups in total. The molecule has 1 unspecified atom stereocenters. The molecular weight excluding hydrogens is 266 g/mol. The minimum Gasteiger partial charge on any atom is -0.338 e. The number of benzene rings is 1. The van der Waals surface area contributed by atoms with Crippen molar-refractivity contribution in [3.63, 3.8) is 0 Å². The zero-order chi connectivity index (χ0) is 13.7. The minimum atomic E-state index is -3.31. The van der Waals surface area contributed by atoms with Crippen LogP contribution in [0.1, 0.15) is 12.0 Å². The smallest absolute Gasteiger partial charge is 0.257 e. The lowest BCUT2D eigenvalue weighted by Gasteiger charge is -2.32. The third kappa shape index (κ3) is 1.58. The number of nitrogens with zero attached hydrogens (tertiary/aromatic N) is 1. The number of rotatable bonds is 0. The van der Waals surface area contributed by atoms with E-state index in [0.717, 1.165) is 0 Å². The van der Waals surface area contributed by atoms with E-state index < -0.39 is 15.4 Å². The highest BCUT2D eigenvalue weighted by Crippen LogP contribution is 2.38. The average Bonchev–Trinajstić information content (AvgIpc) is 2.73. The van der Waals surface area contributed by atoms with Crippen molar-refractivity contribution in [3.8, 4) is 0 Å². The second kappa shape index (κ2) is 3.80. The van der Waals surface area contributed by atoms with E-state index in [2.05, 4.69) is 15.6 Å². The third-order valence-electron chi connectivity index (χ3n) is 3.60. The van der Waals surface area contributed by atoms with Gasteiger partial charge in [0.1, 0.15) is 5.54 Å². The number of nitrogens with one attached hydrogen (secondary N) is 2. The Hall–Kier alpha value is -1.89. The summed E-state index contributed by atoms with van der Waals surface area (Å²) in [5.74, 6) is 0.0658. The van der Waals surface area contributed by atoms with Gasteiger partial charge in [-0.25, -0.2) is 8.42 Å². The van der Waals surface area contributed by atoms with Crippen LogP contribution in [0, 0.1) is 0 Å². The lowest BCUT2D eigenvalue weighted by Crippen LogP contribution is -2.48. The van der Waals surface area contributed by atoms with E-state index in [9.17, 15) is 13.2 Å². The summed E-state index contributed by atoms with van der Waals surface area (Å²) >= 11 is 0. The van der Waals surface area contributed by atoms with Gasteiger partial charge in [0.15, 0.2) is 15.8 Å². The molecule has 3 rings (SSSR count). The molecule has 0 saturated carbocycles. The van der Waals surface area contributed by atoms with Crippen LogP contribution >= 0.6 is 0 Å². The van der Waals surface area contributed by atoms with E-state index in [0.29, 0.717) is 11.5 Å². The van der Waals surface area contributed by atoms with Crippen molar-refractivity contribution in [2.75, 3.05) is 12.8 Å². The summed E-state index contributed by atoms with van der Waals surface area (Å²) < 4.78 is 24.2. The first-order valence-corrected chi connectivity index (χ1v) is 7.53. The van der Waals surface area contributed by atoms with Crippen molar-refractivity contribution in [1.82, 2.24) is 10.6 Å². The monoisotopic (exact) mass is 279 g/mol. The number of hydrogen-bond acceptors (Lipinski definition) is 4. The molecule has 1 amide bonds. The van der Waals surface area contributed by atoms with Gasteiger partial charge in [-0.15, -0.1) is 0 Å². The van der Waals surface area contributed by atoms with Crippen LogP contribution in [0.25, 0.3) is 0 Å². The van der Waals surface area contributed by atoms with Gasteiger partial charge in [-0.3, -0.25) is 15.1 Å². The SMILES string of the molecule is CN=C1NC(=O)C2(CCS(=O)(=O)c3ccccc32)N1. The second-order valence-corrected chi connectivity index (χ2v) is 6.70. The molecule has 100 valence electrons. The maximum atomic E-state index is 12.2. The van der Waals surface area contributed by atoms with Gasteiger partial charge in [-0.05, 0) is 12.5 Å². The molecule has 0 radical (unpaired) electrons. The molecule has 6 nitrogen and oxygen atoms in total. The molecule has 1 spiro atoms. The predicted octanol–water partition coefficient (Wildman–Crippen LogP) is -0.236. The predicted molar refractivity (Wildman–Crippen MR) is 69.4 cm³/mol. The van der Waals surface area contributed by atoms with Crippen molar-refractivity contribution in [1.29, 1.82) is 0 Å². The Labute approximate surface area is 110 Å². The summed E-state index contributed by atoms with van der Waals surface area (Å²) in [5.41, 5.74) is -0.520. The molecule has 2 heterocycles. The second-order valence-electron chi connectivity index (χ2n) is 4.62. The average molecular weight is 279 g/mol. The van der Waals surface area contributed by atoms with Crippen LogP contribution in [0.15, 0.2) is 34.2 Å². The van der Waals surface area contributed by atoms with E-state index in [-0.39, 0.29) is 23.0 Å². The highest BCUT2D eigenvalue weighted by molar-refractivity contribution is 7.91. The molecular formula is C12H13N3O3S. The van der Waals surface area contributed by atoms with Crippen molar-refractivity contribution in [3.05, 3.63) is 29.8 Å². The fourth-order valence-electron chi connectivity index (χ4n) is 2.60. The molecule has 1 saturated heterocycles. The Morgan fingerprint density at radius 2 is 2.05 bits per heavy atom. The lowest BCUT2D eigenvalue weighted by atomic mass is 9.87. The summed E-state index contributed by atoms with van der Waals surface area (Å²) in [5, 5.41) is 5.66. The highest BCUT2D eigenvalue weighted by Gasteiger charge is 2.51. The van der Waals surface area contributed by atoms with E-state index in [1.165, 1.54) is 0 Å². The first-order chi connectivity index (χ1) is 8.99. The van der Waals surface area contributed by atoms with Crippen LogP contribution in [-0.2, 0) is 20.2 Å². The van der Waals surface area contributed by atoms with Gasteiger partial charge in [-0.1, -0.05) is 18.2 Å². The molecule has 19 heavy (non-hydrogen) atoms. The van der Waals surface area contributed by atoms with Crippen LogP contribution < -0.4 is 10.6 Å². The number of amides is 1. The van der Waals surface area contributed by atoms with Gasteiger partial charge in [0.05, 0.1) is 10.6 Å². The van der Waals surface area contributed by atoms with E-state index in [4.69, 9.17) is 0 Å². The summed E-state index contributed by atoms with van der Waals surface area (Å²) in [6.45, 7) is 0. The number of carbonyl (C=O) groups is 1. The number of hydrogen-bond donors (Lipinski definition) is 2. The highest BCUT2D eigenvalue weighted by atomic mass is 32.2. The molecule has 2 aliphatic rings. The van der Waals surface area contributed by atoms with E-state index in [1.54, 1.807) is 31.3 Å². The fourth-order valence-corrected chi connectivity index (χ4v) is 4.26. The van der Waals surface area contributed by atoms with Gasteiger partial charge < -0.3 is 5.32 Å². The van der Waals surface area contributed by atoms with E-state index in [1.807, 2.05) is 0 Å². The number of fused-ring (bicyclic) bond motifs is 2. The first-order valence-electron chi connectivity index (χ1n) is 5.88. The molecule has 0 aliphatic carbocycles. The summed E-state index contributed by atoms with van der Waals surface area (Å²) in [6.07, 6.45) is 0.206. The summed E-state index contributed by atoms with van der Waals surface area (Å²) in [4.78, 5) is 16.4. The Kier molecular flexibility index (Phi) is 2.43. The van der Waals surface area contributed by atoms with Crippen molar-refractivity contribution in [2.45, 2.75) is 16.9 Å². The van der Waals surface area contributed by atoms with Crippen molar-refractivity contribution >= 4 is 21.7 Å². The van der Waals surface area contributed by atoms with Gasteiger partial charge in [-0.2, -0.15) is 0 Å². The van der Waals surface area contributed by atoms with E-state index >= 15 is 0 Å². The zero-order valence-electron chi connectivity index (χ0n) is 10.3. The van der Waals surface area contributed by atoms with Crippen LogP contribution in [-0.4, -0.2) is 33.1 Å². The summed E-state index contributed by atoms with van der Waals surface area (Å²) in [7, 11) is -1.75. The topological polar surface area (TPSA) is 87.6 Å².